The van der Waals surface area contributed by atoms with Crippen LogP contribution in [0.5, 0.6) is 0 Å². The Morgan fingerprint density at radius 3 is 2.30 bits per heavy atom. The topological polar surface area (TPSA) is 90.5 Å². The number of hydrogen-bond donors (Lipinski definition) is 3. The van der Waals surface area contributed by atoms with Crippen LogP contribution in [0.4, 0.5) is 11.4 Å². The van der Waals surface area contributed by atoms with E-state index in [1.54, 1.807) is 43.4 Å². The summed E-state index contributed by atoms with van der Waals surface area (Å²) < 4.78 is 0. The maximum Gasteiger partial charge on any atom is 0.253 e. The fraction of sp³-hybridized carbons (Fsp3) is 0.348. The van der Waals surface area contributed by atoms with E-state index in [1.807, 2.05) is 17.0 Å². The molecule has 0 saturated carbocycles. The molecule has 1 aliphatic heterocycles. The van der Waals surface area contributed by atoms with Crippen molar-refractivity contribution in [2.45, 2.75) is 19.8 Å². The summed E-state index contributed by atoms with van der Waals surface area (Å²) in [5.41, 5.74) is 2.35. The number of rotatable bonds is 6. The first kappa shape index (κ1) is 21.4. The zero-order valence-electron chi connectivity index (χ0n) is 17.4. The minimum Gasteiger partial charge on any atom is -0.376 e. The number of nitrogens with zero attached hydrogens (tertiary/aromatic N) is 1. The van der Waals surface area contributed by atoms with E-state index in [-0.39, 0.29) is 24.3 Å². The van der Waals surface area contributed by atoms with Crippen molar-refractivity contribution in [2.24, 2.45) is 5.92 Å². The Kier molecular flexibility index (Phi) is 7.06. The average molecular weight is 409 g/mol. The maximum absolute atomic E-state index is 12.7. The summed E-state index contributed by atoms with van der Waals surface area (Å²) >= 11 is 0. The Hall–Kier alpha value is -3.35. The summed E-state index contributed by atoms with van der Waals surface area (Å²) in [5.74, 6) is 0.235. The van der Waals surface area contributed by atoms with E-state index in [4.69, 9.17) is 0 Å². The maximum atomic E-state index is 12.7. The molecular formula is C23H28N4O3. The number of hydrogen-bond acceptors (Lipinski definition) is 4. The van der Waals surface area contributed by atoms with Crippen LogP contribution in [0.2, 0.25) is 0 Å². The van der Waals surface area contributed by atoms with Crippen LogP contribution >= 0.6 is 0 Å². The third kappa shape index (κ3) is 5.59. The molecule has 3 rings (SSSR count). The summed E-state index contributed by atoms with van der Waals surface area (Å²) in [6.07, 6.45) is 2.07. The van der Waals surface area contributed by atoms with Crippen molar-refractivity contribution in [3.8, 4) is 0 Å². The Morgan fingerprint density at radius 1 is 0.967 bits per heavy atom. The van der Waals surface area contributed by atoms with Crippen LogP contribution in [0.3, 0.4) is 0 Å². The minimum atomic E-state index is -0.245. The molecule has 1 fully saturated rings. The molecule has 0 spiro atoms. The number of nitrogens with one attached hydrogen (secondary N) is 3. The lowest BCUT2D eigenvalue weighted by molar-refractivity contribution is -0.114. The molecule has 7 nitrogen and oxygen atoms in total. The van der Waals surface area contributed by atoms with Crippen molar-refractivity contribution < 1.29 is 14.4 Å². The zero-order chi connectivity index (χ0) is 21.5. The van der Waals surface area contributed by atoms with Crippen LogP contribution in [-0.2, 0) is 4.79 Å². The van der Waals surface area contributed by atoms with Gasteiger partial charge in [-0.25, -0.2) is 0 Å². The number of likely N-dealkylation sites (tertiary alicyclic amines) is 1. The largest absolute Gasteiger partial charge is 0.376 e. The summed E-state index contributed by atoms with van der Waals surface area (Å²) in [5, 5.41) is 8.38. The first-order valence-corrected chi connectivity index (χ1v) is 10.2. The monoisotopic (exact) mass is 408 g/mol. The molecule has 3 N–H and O–H groups in total. The molecule has 1 aliphatic rings. The number of piperidine rings is 1. The van der Waals surface area contributed by atoms with E-state index in [0.29, 0.717) is 28.4 Å². The minimum absolute atomic E-state index is 0.0287. The number of carbonyl (C=O) groups is 3. The molecule has 7 heteroatoms. The molecule has 0 aromatic heterocycles. The van der Waals surface area contributed by atoms with Crippen LogP contribution in [0, 0.1) is 5.92 Å². The lowest BCUT2D eigenvalue weighted by Gasteiger charge is -2.30. The summed E-state index contributed by atoms with van der Waals surface area (Å²) in [4.78, 5) is 38.6. The molecular weight excluding hydrogens is 380 g/mol. The number of benzene rings is 2. The van der Waals surface area contributed by atoms with Crippen molar-refractivity contribution >= 4 is 29.1 Å². The number of amides is 3. The van der Waals surface area contributed by atoms with Gasteiger partial charge in [0, 0.05) is 42.6 Å². The van der Waals surface area contributed by atoms with Crippen molar-refractivity contribution in [1.29, 1.82) is 0 Å². The summed E-state index contributed by atoms with van der Waals surface area (Å²) in [7, 11) is 1.56. The second kappa shape index (κ2) is 9.91. The highest BCUT2D eigenvalue weighted by atomic mass is 16.2. The molecule has 30 heavy (non-hydrogen) atoms. The highest BCUT2D eigenvalue weighted by Crippen LogP contribution is 2.19. The molecule has 0 unspecified atom stereocenters. The first-order valence-electron chi connectivity index (χ1n) is 10.2. The molecule has 1 heterocycles. The fourth-order valence-electron chi connectivity index (χ4n) is 3.43. The third-order valence-corrected chi connectivity index (χ3v) is 5.27. The van der Waals surface area contributed by atoms with Gasteiger partial charge in [-0.1, -0.05) is 19.1 Å². The van der Waals surface area contributed by atoms with E-state index in [1.165, 1.54) is 0 Å². The molecule has 0 atom stereocenters. The van der Waals surface area contributed by atoms with Gasteiger partial charge in [0.05, 0.1) is 6.54 Å². The van der Waals surface area contributed by atoms with Crippen LogP contribution < -0.4 is 16.0 Å². The van der Waals surface area contributed by atoms with Crippen LogP contribution in [0.15, 0.2) is 48.5 Å². The van der Waals surface area contributed by atoms with Gasteiger partial charge in [0.15, 0.2) is 0 Å². The van der Waals surface area contributed by atoms with Gasteiger partial charge in [0.25, 0.3) is 11.8 Å². The van der Waals surface area contributed by atoms with Crippen LogP contribution in [0.25, 0.3) is 0 Å². The smallest absolute Gasteiger partial charge is 0.253 e. The van der Waals surface area contributed by atoms with Crippen LogP contribution in [0.1, 0.15) is 40.5 Å². The Bertz CT molecular complexity index is 920. The molecule has 1 saturated heterocycles. The molecule has 158 valence electrons. The molecule has 2 aromatic carbocycles. The predicted octanol–water partition coefficient (Wildman–Crippen LogP) is 2.97. The van der Waals surface area contributed by atoms with Gasteiger partial charge >= 0.3 is 0 Å². The lowest BCUT2D eigenvalue weighted by atomic mass is 9.98. The highest BCUT2D eigenvalue weighted by molar-refractivity contribution is 5.98. The van der Waals surface area contributed by atoms with Gasteiger partial charge in [-0.3, -0.25) is 14.4 Å². The Morgan fingerprint density at radius 2 is 1.60 bits per heavy atom. The Balaban J connectivity index is 1.56. The number of carbonyl (C=O) groups excluding carboxylic acids is 3. The van der Waals surface area contributed by atoms with E-state index in [2.05, 4.69) is 22.9 Å². The summed E-state index contributed by atoms with van der Waals surface area (Å²) in [6, 6.07) is 14.0. The number of anilines is 2. The van der Waals surface area contributed by atoms with E-state index in [9.17, 15) is 14.4 Å². The molecule has 2 aromatic rings. The van der Waals surface area contributed by atoms with Gasteiger partial charge in [0.1, 0.15) is 0 Å². The second-order valence-electron chi connectivity index (χ2n) is 7.62. The standard InChI is InChI=1S/C23H28N4O3/c1-16-9-11-27(12-10-16)23(30)18-6-4-7-19(14-18)25-15-21(28)26-20-8-3-5-17(13-20)22(29)24-2/h3-8,13-14,16,25H,9-12,15H2,1-2H3,(H,24,29)(H,26,28). The van der Waals surface area contributed by atoms with Gasteiger partial charge < -0.3 is 20.9 Å². The SMILES string of the molecule is CNC(=O)c1cccc(NC(=O)CNc2cccc(C(=O)N3CCC(C)CC3)c2)c1. The van der Waals surface area contributed by atoms with Crippen molar-refractivity contribution in [3.63, 3.8) is 0 Å². The van der Waals surface area contributed by atoms with Gasteiger partial charge in [-0.15, -0.1) is 0 Å². The normalized spacial score (nSPS) is 14.1. The molecule has 0 radical (unpaired) electrons. The lowest BCUT2D eigenvalue weighted by Crippen LogP contribution is -2.37. The highest BCUT2D eigenvalue weighted by Gasteiger charge is 2.21. The summed E-state index contributed by atoms with van der Waals surface area (Å²) in [6.45, 7) is 3.83. The fourth-order valence-corrected chi connectivity index (χ4v) is 3.43. The van der Waals surface area contributed by atoms with Gasteiger partial charge in [-0.2, -0.15) is 0 Å². The zero-order valence-corrected chi connectivity index (χ0v) is 17.4. The van der Waals surface area contributed by atoms with Crippen LogP contribution in [-0.4, -0.2) is 49.3 Å². The van der Waals surface area contributed by atoms with Gasteiger partial charge in [-0.05, 0) is 55.2 Å². The van der Waals surface area contributed by atoms with Crippen molar-refractivity contribution in [1.82, 2.24) is 10.2 Å². The van der Waals surface area contributed by atoms with Crippen molar-refractivity contribution in [2.75, 3.05) is 37.3 Å². The quantitative estimate of drug-likeness (QED) is 0.685. The second-order valence-corrected chi connectivity index (χ2v) is 7.62. The van der Waals surface area contributed by atoms with Gasteiger partial charge in [0.2, 0.25) is 5.91 Å². The van der Waals surface area contributed by atoms with E-state index < -0.39 is 0 Å². The molecule has 0 bridgehead atoms. The van der Waals surface area contributed by atoms with E-state index >= 15 is 0 Å². The predicted molar refractivity (Wildman–Crippen MR) is 118 cm³/mol. The Labute approximate surface area is 176 Å². The van der Waals surface area contributed by atoms with E-state index in [0.717, 1.165) is 25.9 Å². The first-order chi connectivity index (χ1) is 14.5. The average Bonchev–Trinajstić information content (AvgIpc) is 2.77. The molecule has 0 aliphatic carbocycles. The molecule has 3 amide bonds. The van der Waals surface area contributed by atoms with Crippen molar-refractivity contribution in [3.05, 3.63) is 59.7 Å². The third-order valence-electron chi connectivity index (χ3n) is 5.27.